The van der Waals surface area contributed by atoms with E-state index in [1.807, 2.05) is 32.0 Å². The van der Waals surface area contributed by atoms with Crippen molar-refractivity contribution in [2.45, 2.75) is 20.4 Å². The first-order valence-electron chi connectivity index (χ1n) is 9.21. The molecule has 0 radical (unpaired) electrons. The minimum Gasteiger partial charge on any atom is -0.324 e. The maximum Gasteiger partial charge on any atom is 0.336 e. The first-order valence-corrected chi connectivity index (χ1v) is 10.5. The number of aryl methyl sites for hydroxylation is 2. The number of nitrogens with zero attached hydrogens (tertiary/aromatic N) is 2. The highest BCUT2D eigenvalue weighted by atomic mass is 35.5. The number of hydrogen-bond acceptors (Lipinski definition) is 4. The van der Waals surface area contributed by atoms with E-state index in [9.17, 15) is 14.4 Å². The van der Waals surface area contributed by atoms with Gasteiger partial charge >= 0.3 is 5.69 Å². The van der Waals surface area contributed by atoms with Gasteiger partial charge in [-0.25, -0.2) is 9.36 Å². The van der Waals surface area contributed by atoms with E-state index >= 15 is 0 Å². The standard InChI is InChI=1S/C22H18ClN3O3S/c1-13-3-8-17(14(2)11-13)24-19(27)12-25-18-9-10-30-20(18)21(28)26(22(25)29)16-6-4-15(23)5-7-16/h3-11H,12H2,1-2H3,(H,24,27). The summed E-state index contributed by atoms with van der Waals surface area (Å²) in [6.45, 7) is 3.67. The number of carbonyl (C=O) groups excluding carboxylic acids is 1. The molecule has 1 N–H and O–H groups in total. The summed E-state index contributed by atoms with van der Waals surface area (Å²) in [5, 5.41) is 5.08. The van der Waals surface area contributed by atoms with Gasteiger partial charge in [-0.1, -0.05) is 29.3 Å². The van der Waals surface area contributed by atoms with E-state index in [4.69, 9.17) is 11.6 Å². The lowest BCUT2D eigenvalue weighted by Crippen LogP contribution is -2.40. The molecule has 4 aromatic rings. The molecule has 0 saturated heterocycles. The number of carbonyl (C=O) groups is 1. The first kappa shape index (κ1) is 20.1. The van der Waals surface area contributed by atoms with Gasteiger partial charge in [0.2, 0.25) is 5.91 Å². The number of nitrogens with one attached hydrogen (secondary N) is 1. The van der Waals surface area contributed by atoms with Gasteiger partial charge in [-0.2, -0.15) is 0 Å². The predicted molar refractivity (Wildman–Crippen MR) is 121 cm³/mol. The molecule has 4 rings (SSSR count). The van der Waals surface area contributed by atoms with Crippen LogP contribution in [0.25, 0.3) is 15.9 Å². The van der Waals surface area contributed by atoms with Crippen molar-refractivity contribution in [1.29, 1.82) is 0 Å². The summed E-state index contributed by atoms with van der Waals surface area (Å²) in [5.74, 6) is -0.349. The minimum atomic E-state index is -0.580. The Morgan fingerprint density at radius 2 is 1.80 bits per heavy atom. The van der Waals surface area contributed by atoms with Crippen LogP contribution in [0.5, 0.6) is 0 Å². The summed E-state index contributed by atoms with van der Waals surface area (Å²) in [6, 6.07) is 13.8. The van der Waals surface area contributed by atoms with Crippen molar-refractivity contribution in [1.82, 2.24) is 9.13 Å². The summed E-state index contributed by atoms with van der Waals surface area (Å²) in [4.78, 5) is 38.9. The Bertz CT molecular complexity index is 1380. The molecule has 0 aliphatic carbocycles. The number of fused-ring (bicyclic) bond motifs is 1. The van der Waals surface area contributed by atoms with E-state index in [2.05, 4.69) is 5.32 Å². The molecule has 0 atom stereocenters. The van der Waals surface area contributed by atoms with Gasteiger partial charge in [-0.15, -0.1) is 11.3 Å². The number of rotatable bonds is 4. The summed E-state index contributed by atoms with van der Waals surface area (Å²) >= 11 is 7.17. The van der Waals surface area contributed by atoms with Gasteiger partial charge in [0.25, 0.3) is 5.56 Å². The number of thiophene rings is 1. The van der Waals surface area contributed by atoms with Crippen LogP contribution < -0.4 is 16.6 Å². The van der Waals surface area contributed by atoms with Gasteiger partial charge in [-0.05, 0) is 61.2 Å². The molecular weight excluding hydrogens is 422 g/mol. The van der Waals surface area contributed by atoms with E-state index in [1.54, 1.807) is 35.7 Å². The maximum atomic E-state index is 13.2. The highest BCUT2D eigenvalue weighted by Gasteiger charge is 2.18. The van der Waals surface area contributed by atoms with Crippen molar-refractivity contribution in [2.75, 3.05) is 5.32 Å². The molecule has 0 bridgehead atoms. The zero-order valence-electron chi connectivity index (χ0n) is 16.3. The van der Waals surface area contributed by atoms with Crippen LogP contribution >= 0.6 is 22.9 Å². The second kappa shape index (κ2) is 7.93. The number of halogens is 1. The minimum absolute atomic E-state index is 0.215. The first-order chi connectivity index (χ1) is 14.3. The van der Waals surface area contributed by atoms with Crippen molar-refractivity contribution < 1.29 is 4.79 Å². The third-order valence-electron chi connectivity index (χ3n) is 4.80. The molecule has 30 heavy (non-hydrogen) atoms. The molecule has 2 heterocycles. The average molecular weight is 440 g/mol. The van der Waals surface area contributed by atoms with Gasteiger partial charge in [0.1, 0.15) is 11.2 Å². The Morgan fingerprint density at radius 3 is 2.50 bits per heavy atom. The van der Waals surface area contributed by atoms with Crippen LogP contribution in [0.4, 0.5) is 5.69 Å². The predicted octanol–water partition coefficient (Wildman–Crippen LogP) is 4.12. The Balaban J connectivity index is 1.78. The van der Waals surface area contributed by atoms with Crippen LogP contribution in [-0.4, -0.2) is 15.0 Å². The third-order valence-corrected chi connectivity index (χ3v) is 5.94. The van der Waals surface area contributed by atoms with Gasteiger partial charge in [0.15, 0.2) is 0 Å². The number of amides is 1. The van der Waals surface area contributed by atoms with Crippen molar-refractivity contribution >= 4 is 44.7 Å². The molecule has 0 fully saturated rings. The van der Waals surface area contributed by atoms with Crippen LogP contribution in [-0.2, 0) is 11.3 Å². The van der Waals surface area contributed by atoms with Gasteiger partial charge in [0.05, 0.1) is 11.2 Å². The Morgan fingerprint density at radius 1 is 1.07 bits per heavy atom. The molecule has 2 aromatic carbocycles. The van der Waals surface area contributed by atoms with Gasteiger partial charge < -0.3 is 5.32 Å². The van der Waals surface area contributed by atoms with E-state index in [0.29, 0.717) is 26.6 Å². The molecular formula is C22H18ClN3O3S. The lowest BCUT2D eigenvalue weighted by atomic mass is 10.1. The van der Waals surface area contributed by atoms with Crippen molar-refractivity contribution in [3.63, 3.8) is 0 Å². The van der Waals surface area contributed by atoms with E-state index in [1.165, 1.54) is 15.9 Å². The zero-order chi connectivity index (χ0) is 21.4. The summed E-state index contributed by atoms with van der Waals surface area (Å²) < 4.78 is 2.80. The smallest absolute Gasteiger partial charge is 0.324 e. The van der Waals surface area contributed by atoms with Crippen molar-refractivity contribution in [3.8, 4) is 5.69 Å². The normalized spacial score (nSPS) is 11.0. The molecule has 152 valence electrons. The van der Waals surface area contributed by atoms with E-state index < -0.39 is 11.2 Å². The van der Waals surface area contributed by atoms with Gasteiger partial charge in [0, 0.05) is 10.7 Å². The van der Waals surface area contributed by atoms with Crippen molar-refractivity contribution in [3.05, 3.63) is 90.9 Å². The molecule has 6 nitrogen and oxygen atoms in total. The maximum absolute atomic E-state index is 13.2. The summed E-state index contributed by atoms with van der Waals surface area (Å²) in [6.07, 6.45) is 0. The van der Waals surface area contributed by atoms with E-state index in [0.717, 1.165) is 15.7 Å². The molecule has 1 amide bonds. The summed E-state index contributed by atoms with van der Waals surface area (Å²) in [7, 11) is 0. The zero-order valence-corrected chi connectivity index (χ0v) is 17.9. The Kier molecular flexibility index (Phi) is 5.32. The second-order valence-corrected chi connectivity index (χ2v) is 8.34. The largest absolute Gasteiger partial charge is 0.336 e. The number of anilines is 1. The molecule has 0 aliphatic heterocycles. The molecule has 0 unspecified atom stereocenters. The molecule has 0 aliphatic rings. The highest BCUT2D eigenvalue weighted by Crippen LogP contribution is 2.19. The Hall–Kier alpha value is -3.16. The average Bonchev–Trinajstić information content (AvgIpc) is 3.19. The fourth-order valence-corrected chi connectivity index (χ4v) is 4.30. The summed E-state index contributed by atoms with van der Waals surface area (Å²) in [5.41, 5.74) is 2.55. The van der Waals surface area contributed by atoms with Crippen LogP contribution in [0.2, 0.25) is 5.02 Å². The van der Waals surface area contributed by atoms with Gasteiger partial charge in [-0.3, -0.25) is 14.2 Å². The van der Waals surface area contributed by atoms with Crippen LogP contribution in [0.3, 0.4) is 0 Å². The fourth-order valence-electron chi connectivity index (χ4n) is 3.35. The second-order valence-electron chi connectivity index (χ2n) is 6.99. The van der Waals surface area contributed by atoms with E-state index in [-0.39, 0.29) is 12.5 Å². The molecule has 8 heteroatoms. The number of hydrogen-bond donors (Lipinski definition) is 1. The monoisotopic (exact) mass is 439 g/mol. The molecule has 2 aromatic heterocycles. The quantitative estimate of drug-likeness (QED) is 0.519. The highest BCUT2D eigenvalue weighted by molar-refractivity contribution is 7.17. The lowest BCUT2D eigenvalue weighted by molar-refractivity contribution is -0.116. The van der Waals surface area contributed by atoms with Crippen LogP contribution in [0.1, 0.15) is 11.1 Å². The van der Waals surface area contributed by atoms with Crippen LogP contribution in [0, 0.1) is 13.8 Å². The molecule has 0 saturated carbocycles. The fraction of sp³-hybridized carbons (Fsp3) is 0.136. The molecule has 0 spiro atoms. The SMILES string of the molecule is Cc1ccc(NC(=O)Cn2c(=O)n(-c3ccc(Cl)cc3)c(=O)c3sccc32)c(C)c1. The topological polar surface area (TPSA) is 73.1 Å². The number of aromatic nitrogens is 2. The third kappa shape index (κ3) is 3.69. The Labute approximate surface area is 181 Å². The van der Waals surface area contributed by atoms with Crippen LogP contribution in [0.15, 0.2) is 63.5 Å². The lowest BCUT2D eigenvalue weighted by Gasteiger charge is -2.13. The van der Waals surface area contributed by atoms with Crippen molar-refractivity contribution in [2.24, 2.45) is 0 Å². The number of benzene rings is 2.